The minimum absolute atomic E-state index is 0.0905. The monoisotopic (exact) mass is 482 g/mol. The molecule has 1 fully saturated rings. The van der Waals surface area contributed by atoms with Crippen molar-refractivity contribution in [3.8, 4) is 0 Å². The van der Waals surface area contributed by atoms with Crippen molar-refractivity contribution in [2.45, 2.75) is 45.4 Å². The number of hydrogen-bond acceptors (Lipinski definition) is 5. The zero-order valence-electron chi connectivity index (χ0n) is 20.0. The fourth-order valence-corrected chi connectivity index (χ4v) is 5.67. The van der Waals surface area contributed by atoms with Gasteiger partial charge in [0, 0.05) is 45.2 Å². The molecule has 0 spiro atoms. The average Bonchev–Trinajstić information content (AvgIpc) is 3.27. The van der Waals surface area contributed by atoms with E-state index in [-0.39, 0.29) is 23.1 Å². The van der Waals surface area contributed by atoms with Crippen molar-refractivity contribution in [3.63, 3.8) is 0 Å². The molecule has 1 N–H and O–H groups in total. The van der Waals surface area contributed by atoms with Crippen molar-refractivity contribution in [2.24, 2.45) is 10.4 Å². The molecule has 1 aliphatic carbocycles. The van der Waals surface area contributed by atoms with Gasteiger partial charge in [0.25, 0.3) is 21.9 Å². The van der Waals surface area contributed by atoms with E-state index in [1.54, 1.807) is 20.2 Å². The Balaban J connectivity index is 1.66. The number of aliphatic imine (C=N–C) groups is 1. The van der Waals surface area contributed by atoms with Gasteiger partial charge in [0.05, 0.1) is 11.4 Å². The van der Waals surface area contributed by atoms with Crippen molar-refractivity contribution in [3.05, 3.63) is 52.9 Å². The highest BCUT2D eigenvalue weighted by Crippen LogP contribution is 2.40. The Morgan fingerprint density at radius 3 is 2.50 bits per heavy atom. The van der Waals surface area contributed by atoms with Crippen LogP contribution in [0.4, 0.5) is 5.69 Å². The molecule has 10 heteroatoms. The van der Waals surface area contributed by atoms with Gasteiger partial charge in [0.2, 0.25) is 0 Å². The van der Waals surface area contributed by atoms with Crippen LogP contribution < -0.4 is 5.32 Å². The quantitative estimate of drug-likeness (QED) is 0.665. The third-order valence-electron chi connectivity index (χ3n) is 6.71. The van der Waals surface area contributed by atoms with E-state index in [1.807, 2.05) is 12.1 Å². The summed E-state index contributed by atoms with van der Waals surface area (Å²) < 4.78 is 27.4. The molecule has 0 radical (unpaired) electrons. The van der Waals surface area contributed by atoms with Crippen molar-refractivity contribution in [2.75, 3.05) is 32.5 Å². The molecular weight excluding hydrogens is 452 g/mol. The topological polar surface area (TPSA) is 99.3 Å². The van der Waals surface area contributed by atoms with Gasteiger partial charge >= 0.3 is 0 Å². The maximum atomic E-state index is 12.9. The number of likely N-dealkylation sites (N-methyl/N-ethyl adjacent to an activating group) is 2. The minimum Gasteiger partial charge on any atom is -0.361 e. The number of aromatic nitrogens is 1. The van der Waals surface area contributed by atoms with E-state index in [9.17, 15) is 13.2 Å². The van der Waals surface area contributed by atoms with E-state index < -0.39 is 10.2 Å². The third-order valence-corrected chi connectivity index (χ3v) is 8.58. The van der Waals surface area contributed by atoms with Gasteiger partial charge in [-0.3, -0.25) is 9.78 Å². The molecule has 3 heterocycles. The normalized spacial score (nSPS) is 23.0. The van der Waals surface area contributed by atoms with E-state index in [1.165, 1.54) is 8.61 Å². The molecule has 2 aliphatic heterocycles. The van der Waals surface area contributed by atoms with Crippen molar-refractivity contribution in [1.29, 1.82) is 0 Å². The van der Waals surface area contributed by atoms with Crippen molar-refractivity contribution < 1.29 is 13.2 Å². The molecular formula is C24H30N6O3S. The lowest BCUT2D eigenvalue weighted by Crippen LogP contribution is -2.49. The van der Waals surface area contributed by atoms with Crippen molar-refractivity contribution >= 4 is 33.1 Å². The maximum absolute atomic E-state index is 12.9. The van der Waals surface area contributed by atoms with Crippen LogP contribution in [0.3, 0.4) is 0 Å². The van der Waals surface area contributed by atoms with Crippen LogP contribution in [0.1, 0.15) is 56.8 Å². The van der Waals surface area contributed by atoms with Gasteiger partial charge in [-0.2, -0.15) is 17.0 Å². The third kappa shape index (κ3) is 4.82. The molecule has 0 bridgehead atoms. The number of nitrogens with zero attached hydrogens (tertiary/aromatic N) is 5. The Morgan fingerprint density at radius 2 is 1.91 bits per heavy atom. The van der Waals surface area contributed by atoms with Gasteiger partial charge in [0.1, 0.15) is 0 Å². The molecule has 0 unspecified atom stereocenters. The van der Waals surface area contributed by atoms with E-state index in [0.717, 1.165) is 36.2 Å². The number of amides is 1. The van der Waals surface area contributed by atoms with Gasteiger partial charge in [-0.15, -0.1) is 4.99 Å². The van der Waals surface area contributed by atoms with E-state index in [4.69, 9.17) is 11.6 Å². The Kier molecular flexibility index (Phi) is 6.46. The number of allylic oxidation sites excluding steroid dienone is 3. The molecule has 4 rings (SSSR count). The fourth-order valence-electron chi connectivity index (χ4n) is 4.46. The smallest absolute Gasteiger partial charge is 0.294 e. The minimum atomic E-state index is -3.43. The number of anilines is 1. The molecule has 1 aromatic rings. The van der Waals surface area contributed by atoms with Crippen LogP contribution in [0.2, 0.25) is 0 Å². The number of carbonyl (C=O) groups excluding carboxylic acids is 1. The lowest BCUT2D eigenvalue weighted by atomic mass is 9.77. The van der Waals surface area contributed by atoms with E-state index in [0.29, 0.717) is 30.9 Å². The van der Waals surface area contributed by atoms with Crippen LogP contribution in [0.15, 0.2) is 35.1 Å². The average molecular weight is 483 g/mol. The molecule has 3 aliphatic rings. The highest BCUT2D eigenvalue weighted by molar-refractivity contribution is 7.86. The van der Waals surface area contributed by atoms with Crippen LogP contribution >= 0.6 is 0 Å². The Morgan fingerprint density at radius 1 is 1.21 bits per heavy atom. The Bertz CT molecular complexity index is 1240. The summed E-state index contributed by atoms with van der Waals surface area (Å²) in [5.41, 5.74) is 3.72. The van der Waals surface area contributed by atoms with Crippen LogP contribution in [0.25, 0.3) is 10.4 Å². The van der Waals surface area contributed by atoms with Crippen LogP contribution in [-0.4, -0.2) is 60.8 Å². The predicted octanol–water partition coefficient (Wildman–Crippen LogP) is 3.42. The number of pyridine rings is 1. The summed E-state index contributed by atoms with van der Waals surface area (Å²) in [4.78, 5) is 25.2. The molecule has 1 amide bonds. The van der Waals surface area contributed by atoms with Gasteiger partial charge < -0.3 is 10.2 Å². The summed E-state index contributed by atoms with van der Waals surface area (Å²) in [6.07, 6.45) is 6.93. The molecule has 0 saturated carbocycles. The number of rotatable bonds is 4. The summed E-state index contributed by atoms with van der Waals surface area (Å²) in [6, 6.07) is 3.70. The molecule has 180 valence electrons. The van der Waals surface area contributed by atoms with Crippen LogP contribution in [-0.2, 0) is 15.0 Å². The van der Waals surface area contributed by atoms with Crippen LogP contribution in [0.5, 0.6) is 0 Å². The summed E-state index contributed by atoms with van der Waals surface area (Å²) in [6.45, 7) is 12.2. The number of hydrogen-bond donors (Lipinski definition) is 1. The SMILES string of the molecule is [C-]#[N+]C1=CCC(C(=O)Nc2ccc(C3CN(C)S(=O)(=O)N(C)C3)nc2C2=CCC(C)(C)CC2)=N1. The van der Waals surface area contributed by atoms with E-state index >= 15 is 0 Å². The summed E-state index contributed by atoms with van der Waals surface area (Å²) in [5, 5.41) is 2.95. The van der Waals surface area contributed by atoms with Gasteiger partial charge in [0.15, 0.2) is 5.71 Å². The summed E-state index contributed by atoms with van der Waals surface area (Å²) in [5.74, 6) is -0.200. The number of carbonyl (C=O) groups is 1. The first-order valence-electron chi connectivity index (χ1n) is 11.3. The predicted molar refractivity (Wildman–Crippen MR) is 132 cm³/mol. The molecule has 9 nitrogen and oxygen atoms in total. The lowest BCUT2D eigenvalue weighted by Gasteiger charge is -2.35. The Hall–Kier alpha value is -2.87. The summed E-state index contributed by atoms with van der Waals surface area (Å²) >= 11 is 0. The highest BCUT2D eigenvalue weighted by Gasteiger charge is 2.35. The lowest BCUT2D eigenvalue weighted by molar-refractivity contribution is -0.110. The second-order valence-electron chi connectivity index (χ2n) is 9.89. The van der Waals surface area contributed by atoms with Crippen molar-refractivity contribution in [1.82, 2.24) is 13.6 Å². The molecule has 1 saturated heterocycles. The zero-order chi connectivity index (χ0) is 24.7. The second kappa shape index (κ2) is 9.06. The van der Waals surface area contributed by atoms with Gasteiger partial charge in [-0.05, 0) is 42.4 Å². The molecule has 0 aromatic carbocycles. The first-order chi connectivity index (χ1) is 16.0. The van der Waals surface area contributed by atoms with Crippen LogP contribution in [0, 0.1) is 12.0 Å². The summed E-state index contributed by atoms with van der Waals surface area (Å²) in [7, 11) is -0.281. The standard InChI is InChI=1S/C24H30N6O3S/c1-24(2)12-10-16(11-13-24)22-19(28-23(31)20-8-9-21(25-3)26-20)7-6-18(27-22)17-14-29(4)34(32,33)30(5)15-17/h6-7,9-10,17H,8,11-15H2,1-2,4-5H3,(H,28,31). The van der Waals surface area contributed by atoms with Gasteiger partial charge in [-0.25, -0.2) is 0 Å². The Labute approximate surface area is 201 Å². The largest absolute Gasteiger partial charge is 0.361 e. The van der Waals surface area contributed by atoms with Gasteiger partial charge in [-0.1, -0.05) is 32.6 Å². The molecule has 34 heavy (non-hydrogen) atoms. The molecule has 0 atom stereocenters. The highest BCUT2D eigenvalue weighted by atomic mass is 32.2. The zero-order valence-corrected chi connectivity index (χ0v) is 20.8. The van der Waals surface area contributed by atoms with E-state index in [2.05, 4.69) is 35.1 Å². The first-order valence-corrected chi connectivity index (χ1v) is 12.7. The molecule has 1 aromatic heterocycles. The fraction of sp³-hybridized carbons (Fsp3) is 0.500. The maximum Gasteiger partial charge on any atom is 0.294 e. The second-order valence-corrected chi connectivity index (χ2v) is 12.0. The number of nitrogens with one attached hydrogen (secondary N) is 1. The first kappa shape index (κ1) is 24.3.